The summed E-state index contributed by atoms with van der Waals surface area (Å²) in [5.41, 5.74) is 2.76. The van der Waals surface area contributed by atoms with Crippen LogP contribution in [0.4, 0.5) is 5.69 Å². The van der Waals surface area contributed by atoms with Crippen LogP contribution in [0, 0.1) is 0 Å². The van der Waals surface area contributed by atoms with E-state index in [1.165, 1.54) is 0 Å². The second kappa shape index (κ2) is 9.22. The Hall–Kier alpha value is -3.67. The molecule has 6 nitrogen and oxygen atoms in total. The SMILES string of the molecule is O=C1CN(CC(=O)N(CCc2ccccn2)Cc2ccccc2)c2ccccc2O1. The molecule has 0 N–H and O–H groups in total. The van der Waals surface area contributed by atoms with Gasteiger partial charge in [-0.3, -0.25) is 9.78 Å². The number of carbonyl (C=O) groups is 2. The van der Waals surface area contributed by atoms with Crippen molar-refractivity contribution >= 4 is 17.6 Å². The van der Waals surface area contributed by atoms with Gasteiger partial charge in [-0.2, -0.15) is 0 Å². The number of hydrogen-bond donors (Lipinski definition) is 0. The number of ether oxygens (including phenoxy) is 1. The summed E-state index contributed by atoms with van der Waals surface area (Å²) < 4.78 is 5.29. The fourth-order valence-electron chi connectivity index (χ4n) is 3.50. The van der Waals surface area contributed by atoms with Gasteiger partial charge in [0.15, 0.2) is 5.75 Å². The number of anilines is 1. The number of hydrogen-bond acceptors (Lipinski definition) is 5. The van der Waals surface area contributed by atoms with E-state index >= 15 is 0 Å². The molecule has 0 bridgehead atoms. The average molecular weight is 401 g/mol. The first-order valence-corrected chi connectivity index (χ1v) is 9.95. The van der Waals surface area contributed by atoms with Crippen molar-refractivity contribution in [1.29, 1.82) is 0 Å². The number of nitrogens with zero attached hydrogens (tertiary/aromatic N) is 3. The summed E-state index contributed by atoms with van der Waals surface area (Å²) in [7, 11) is 0. The van der Waals surface area contributed by atoms with Crippen LogP contribution in [0.1, 0.15) is 11.3 Å². The van der Waals surface area contributed by atoms with Crippen molar-refractivity contribution in [2.75, 3.05) is 24.5 Å². The predicted octanol–water partition coefficient (Wildman–Crippen LogP) is 3.08. The topological polar surface area (TPSA) is 62.7 Å². The summed E-state index contributed by atoms with van der Waals surface area (Å²) in [5.74, 6) is 0.0912. The molecule has 1 amide bonds. The van der Waals surface area contributed by atoms with Crippen LogP contribution < -0.4 is 9.64 Å². The van der Waals surface area contributed by atoms with Crippen molar-refractivity contribution in [2.24, 2.45) is 0 Å². The van der Waals surface area contributed by atoms with Gasteiger partial charge in [0, 0.05) is 31.4 Å². The maximum absolute atomic E-state index is 13.3. The van der Waals surface area contributed by atoms with Gasteiger partial charge in [0.1, 0.15) is 6.54 Å². The Morgan fingerprint density at radius 3 is 2.57 bits per heavy atom. The monoisotopic (exact) mass is 401 g/mol. The van der Waals surface area contributed by atoms with Gasteiger partial charge in [-0.1, -0.05) is 48.5 Å². The maximum atomic E-state index is 13.3. The first-order chi connectivity index (χ1) is 14.7. The number of benzene rings is 2. The summed E-state index contributed by atoms with van der Waals surface area (Å²) in [6.45, 7) is 1.22. The van der Waals surface area contributed by atoms with Crippen LogP contribution in [-0.2, 0) is 22.6 Å². The van der Waals surface area contributed by atoms with E-state index in [2.05, 4.69) is 4.98 Å². The Kier molecular flexibility index (Phi) is 6.03. The van der Waals surface area contributed by atoms with E-state index in [9.17, 15) is 9.59 Å². The van der Waals surface area contributed by atoms with Gasteiger partial charge < -0.3 is 14.5 Å². The molecule has 0 unspecified atom stereocenters. The minimum Gasteiger partial charge on any atom is -0.423 e. The lowest BCUT2D eigenvalue weighted by atomic mass is 10.2. The minimum absolute atomic E-state index is 0.0423. The number of pyridine rings is 1. The molecule has 4 rings (SSSR count). The van der Waals surface area contributed by atoms with Crippen molar-refractivity contribution < 1.29 is 14.3 Å². The molecule has 152 valence electrons. The molecular weight excluding hydrogens is 378 g/mol. The molecule has 0 fully saturated rings. The quantitative estimate of drug-likeness (QED) is 0.450. The van der Waals surface area contributed by atoms with E-state index in [0.717, 1.165) is 16.9 Å². The van der Waals surface area contributed by atoms with Gasteiger partial charge in [0.05, 0.1) is 12.2 Å². The number of rotatable bonds is 7. The molecule has 0 saturated carbocycles. The van der Waals surface area contributed by atoms with E-state index in [1.807, 2.05) is 71.6 Å². The van der Waals surface area contributed by atoms with Crippen molar-refractivity contribution in [3.8, 4) is 5.75 Å². The number of amides is 1. The van der Waals surface area contributed by atoms with Crippen molar-refractivity contribution in [3.63, 3.8) is 0 Å². The Bertz CT molecular complexity index is 1010. The van der Waals surface area contributed by atoms with Crippen molar-refractivity contribution in [3.05, 3.63) is 90.3 Å². The van der Waals surface area contributed by atoms with Crippen LogP contribution in [0.5, 0.6) is 5.75 Å². The highest BCUT2D eigenvalue weighted by atomic mass is 16.5. The Balaban J connectivity index is 1.50. The van der Waals surface area contributed by atoms with Crippen LogP contribution in [-0.4, -0.2) is 41.4 Å². The predicted molar refractivity (Wildman–Crippen MR) is 114 cm³/mol. The molecule has 0 radical (unpaired) electrons. The summed E-state index contributed by atoms with van der Waals surface area (Å²) in [6.07, 6.45) is 2.42. The number of carbonyl (C=O) groups excluding carboxylic acids is 2. The molecule has 2 aromatic carbocycles. The maximum Gasteiger partial charge on any atom is 0.331 e. The molecule has 1 aliphatic heterocycles. The normalized spacial score (nSPS) is 12.8. The van der Waals surface area contributed by atoms with Crippen molar-refractivity contribution in [2.45, 2.75) is 13.0 Å². The molecule has 6 heteroatoms. The van der Waals surface area contributed by atoms with E-state index in [0.29, 0.717) is 25.3 Å². The highest BCUT2D eigenvalue weighted by molar-refractivity contribution is 5.89. The number of fused-ring (bicyclic) bond motifs is 1. The molecule has 1 aliphatic rings. The van der Waals surface area contributed by atoms with Gasteiger partial charge in [-0.25, -0.2) is 4.79 Å². The zero-order valence-electron chi connectivity index (χ0n) is 16.6. The molecule has 0 saturated heterocycles. The summed E-state index contributed by atoms with van der Waals surface area (Å²) >= 11 is 0. The van der Waals surface area contributed by atoms with Crippen molar-refractivity contribution in [1.82, 2.24) is 9.88 Å². The first-order valence-electron chi connectivity index (χ1n) is 9.95. The van der Waals surface area contributed by atoms with E-state index in [-0.39, 0.29) is 25.0 Å². The molecule has 30 heavy (non-hydrogen) atoms. The third-order valence-corrected chi connectivity index (χ3v) is 5.01. The second-order valence-corrected chi connectivity index (χ2v) is 7.17. The molecule has 3 aromatic rings. The summed E-state index contributed by atoms with van der Waals surface area (Å²) in [4.78, 5) is 33.2. The third-order valence-electron chi connectivity index (χ3n) is 5.01. The molecule has 0 atom stereocenters. The van der Waals surface area contributed by atoms with E-state index < -0.39 is 0 Å². The lowest BCUT2D eigenvalue weighted by molar-refractivity contribution is -0.133. The highest BCUT2D eigenvalue weighted by Gasteiger charge is 2.27. The largest absolute Gasteiger partial charge is 0.423 e. The third kappa shape index (κ3) is 4.84. The number of aromatic nitrogens is 1. The van der Waals surface area contributed by atoms with Crippen LogP contribution in [0.15, 0.2) is 79.0 Å². The molecule has 0 aliphatic carbocycles. The smallest absolute Gasteiger partial charge is 0.331 e. The lowest BCUT2D eigenvalue weighted by Gasteiger charge is -2.31. The fraction of sp³-hybridized carbons (Fsp3) is 0.208. The average Bonchev–Trinajstić information content (AvgIpc) is 2.78. The Morgan fingerprint density at radius 2 is 1.77 bits per heavy atom. The molecule has 1 aromatic heterocycles. The highest BCUT2D eigenvalue weighted by Crippen LogP contribution is 2.31. The fourth-order valence-corrected chi connectivity index (χ4v) is 3.50. The van der Waals surface area contributed by atoms with Gasteiger partial charge >= 0.3 is 5.97 Å². The zero-order valence-corrected chi connectivity index (χ0v) is 16.6. The molecule has 0 spiro atoms. The van der Waals surface area contributed by atoms with Crippen LogP contribution in [0.3, 0.4) is 0 Å². The first kappa shape index (κ1) is 19.6. The Morgan fingerprint density at radius 1 is 1.00 bits per heavy atom. The summed E-state index contributed by atoms with van der Waals surface area (Å²) in [5, 5.41) is 0. The second-order valence-electron chi connectivity index (χ2n) is 7.17. The van der Waals surface area contributed by atoms with E-state index in [1.54, 1.807) is 17.2 Å². The van der Waals surface area contributed by atoms with Crippen LogP contribution in [0.2, 0.25) is 0 Å². The minimum atomic E-state index is -0.357. The van der Waals surface area contributed by atoms with Gasteiger partial charge in [-0.05, 0) is 29.8 Å². The van der Waals surface area contributed by atoms with Gasteiger partial charge in [-0.15, -0.1) is 0 Å². The molecule has 2 heterocycles. The van der Waals surface area contributed by atoms with Crippen LogP contribution >= 0.6 is 0 Å². The van der Waals surface area contributed by atoms with Gasteiger partial charge in [0.25, 0.3) is 0 Å². The van der Waals surface area contributed by atoms with Gasteiger partial charge in [0.2, 0.25) is 5.91 Å². The summed E-state index contributed by atoms with van der Waals surface area (Å²) in [6, 6.07) is 23.0. The Labute approximate surface area is 175 Å². The lowest BCUT2D eigenvalue weighted by Crippen LogP contribution is -2.45. The molecular formula is C24H23N3O3. The number of para-hydroxylation sites is 2. The number of esters is 1. The van der Waals surface area contributed by atoms with E-state index in [4.69, 9.17) is 4.74 Å². The standard InChI is InChI=1S/C24H23N3O3/c28-23(17-27-18-24(29)30-22-12-5-4-11-21(22)27)26(16-19-8-2-1-3-9-19)15-13-20-10-6-7-14-25-20/h1-12,14H,13,15-18H2. The van der Waals surface area contributed by atoms with Crippen LogP contribution in [0.25, 0.3) is 0 Å². The zero-order chi connectivity index (χ0) is 20.8.